The number of nitrogens with one attached hydrogen (secondary N) is 1. The van der Waals surface area contributed by atoms with E-state index >= 15 is 0 Å². The summed E-state index contributed by atoms with van der Waals surface area (Å²) in [7, 11) is 0. The van der Waals surface area contributed by atoms with E-state index in [0.717, 1.165) is 24.6 Å². The zero-order valence-corrected chi connectivity index (χ0v) is 13.5. The Labute approximate surface area is 129 Å². The first-order chi connectivity index (χ1) is 10.0. The zero-order valence-electron chi connectivity index (χ0n) is 12.7. The lowest BCUT2D eigenvalue weighted by Gasteiger charge is -2.39. The number of rotatable bonds is 5. The number of urea groups is 1. The van der Waals surface area contributed by atoms with Gasteiger partial charge in [-0.05, 0) is 12.8 Å². The lowest BCUT2D eigenvalue weighted by atomic mass is 9.78. The van der Waals surface area contributed by atoms with Crippen molar-refractivity contribution in [1.29, 1.82) is 0 Å². The first-order valence-electron chi connectivity index (χ1n) is 7.52. The molecule has 0 atom stereocenters. The predicted molar refractivity (Wildman–Crippen MR) is 82.0 cm³/mol. The molecule has 21 heavy (non-hydrogen) atoms. The minimum atomic E-state index is -1.08. The van der Waals surface area contributed by atoms with Gasteiger partial charge in [0.15, 0.2) is 0 Å². The summed E-state index contributed by atoms with van der Waals surface area (Å²) in [6.07, 6.45) is 0.830. The molecule has 6 nitrogen and oxygen atoms in total. The molecule has 0 aromatic heterocycles. The first kappa shape index (κ1) is 16.3. The summed E-state index contributed by atoms with van der Waals surface area (Å²) < 4.78 is 0. The molecule has 2 heterocycles. The fourth-order valence-corrected chi connectivity index (χ4v) is 3.85. The van der Waals surface area contributed by atoms with Crippen molar-refractivity contribution in [3.05, 3.63) is 0 Å². The van der Waals surface area contributed by atoms with E-state index in [0.29, 0.717) is 25.9 Å². The molecule has 7 heteroatoms. The normalized spacial score (nSPS) is 23.3. The van der Waals surface area contributed by atoms with Crippen LogP contribution in [0.25, 0.3) is 0 Å². The summed E-state index contributed by atoms with van der Waals surface area (Å²) >= 11 is 1.92. The van der Waals surface area contributed by atoms with E-state index in [1.54, 1.807) is 0 Å². The van der Waals surface area contributed by atoms with E-state index in [4.69, 9.17) is 0 Å². The molecule has 0 aliphatic carbocycles. The summed E-state index contributed by atoms with van der Waals surface area (Å²) in [5.41, 5.74) is -1.08. The third-order valence-electron chi connectivity index (χ3n) is 4.51. The van der Waals surface area contributed by atoms with Crippen molar-refractivity contribution in [3.63, 3.8) is 0 Å². The average Bonchev–Trinajstić information content (AvgIpc) is 2.49. The van der Waals surface area contributed by atoms with Crippen molar-refractivity contribution in [2.75, 3.05) is 37.7 Å². The van der Waals surface area contributed by atoms with Gasteiger partial charge in [-0.3, -0.25) is 24.7 Å². The largest absolute Gasteiger partial charge is 0.330 e. The van der Waals surface area contributed by atoms with Gasteiger partial charge in [-0.1, -0.05) is 13.8 Å². The summed E-state index contributed by atoms with van der Waals surface area (Å²) in [4.78, 5) is 40.1. The maximum absolute atomic E-state index is 12.6. The highest BCUT2D eigenvalue weighted by Gasteiger charge is 2.51. The minimum Gasteiger partial charge on any atom is -0.300 e. The van der Waals surface area contributed by atoms with Crippen LogP contribution in [-0.4, -0.2) is 65.3 Å². The highest BCUT2D eigenvalue weighted by Crippen LogP contribution is 2.32. The number of carbonyl (C=O) groups is 3. The Kier molecular flexibility index (Phi) is 5.27. The number of thioether (sulfide) groups is 1. The van der Waals surface area contributed by atoms with E-state index in [-0.39, 0.29) is 5.91 Å². The van der Waals surface area contributed by atoms with Crippen molar-refractivity contribution in [2.24, 2.45) is 5.41 Å². The molecular formula is C14H23N3O3S. The number of imide groups is 2. The van der Waals surface area contributed by atoms with E-state index in [9.17, 15) is 14.4 Å². The van der Waals surface area contributed by atoms with E-state index < -0.39 is 17.4 Å². The second-order valence-corrected chi connectivity index (χ2v) is 6.68. The minimum absolute atomic E-state index is 0.340. The third-order valence-corrected chi connectivity index (χ3v) is 5.45. The van der Waals surface area contributed by atoms with Crippen LogP contribution in [0, 0.1) is 5.41 Å². The smallest absolute Gasteiger partial charge is 0.300 e. The fraction of sp³-hybridized carbons (Fsp3) is 0.786. The van der Waals surface area contributed by atoms with Gasteiger partial charge in [0.05, 0.1) is 0 Å². The van der Waals surface area contributed by atoms with Gasteiger partial charge in [-0.2, -0.15) is 11.8 Å². The molecule has 2 aliphatic rings. The number of hydrogen-bond acceptors (Lipinski definition) is 5. The predicted octanol–water partition coefficient (Wildman–Crippen LogP) is 0.920. The van der Waals surface area contributed by atoms with Crippen molar-refractivity contribution >= 4 is 29.6 Å². The Balaban J connectivity index is 2.05. The number of nitrogens with zero attached hydrogens (tertiary/aromatic N) is 2. The van der Waals surface area contributed by atoms with Crippen LogP contribution in [0.4, 0.5) is 4.79 Å². The molecular weight excluding hydrogens is 290 g/mol. The lowest BCUT2D eigenvalue weighted by molar-refractivity contribution is -0.152. The SMILES string of the molecule is CCC1(CC)C(=O)NC(=O)N(CCN2CCSCC2)C1=O. The molecule has 0 radical (unpaired) electrons. The Hall–Kier alpha value is -1.08. The molecule has 2 rings (SSSR count). The number of barbiturate groups is 1. The Morgan fingerprint density at radius 2 is 1.71 bits per heavy atom. The molecule has 0 aromatic rings. The number of carbonyl (C=O) groups excluding carboxylic acids is 3. The second-order valence-electron chi connectivity index (χ2n) is 5.46. The number of amides is 4. The lowest BCUT2D eigenvalue weighted by Crippen LogP contribution is -2.64. The topological polar surface area (TPSA) is 69.7 Å². The highest BCUT2D eigenvalue weighted by atomic mass is 32.2. The third kappa shape index (κ3) is 3.08. The average molecular weight is 313 g/mol. The standard InChI is InChI=1S/C14H23N3O3S/c1-3-14(4-2)11(18)15-13(20)17(12(14)19)6-5-16-7-9-21-10-8-16/h3-10H2,1-2H3,(H,15,18,20). The van der Waals surface area contributed by atoms with E-state index in [1.807, 2.05) is 25.6 Å². The van der Waals surface area contributed by atoms with Crippen LogP contribution in [-0.2, 0) is 9.59 Å². The van der Waals surface area contributed by atoms with Gasteiger partial charge in [0.25, 0.3) is 0 Å². The molecule has 0 saturated carbocycles. The van der Waals surface area contributed by atoms with Crippen LogP contribution in [0.3, 0.4) is 0 Å². The quantitative estimate of drug-likeness (QED) is 0.764. The van der Waals surface area contributed by atoms with Gasteiger partial charge in [0.1, 0.15) is 5.41 Å². The maximum Gasteiger partial charge on any atom is 0.330 e. The highest BCUT2D eigenvalue weighted by molar-refractivity contribution is 7.99. The molecule has 1 N–H and O–H groups in total. The molecule has 0 aromatic carbocycles. The summed E-state index contributed by atoms with van der Waals surface area (Å²) in [6, 6.07) is -0.575. The van der Waals surface area contributed by atoms with Crippen LogP contribution in [0.5, 0.6) is 0 Å². The van der Waals surface area contributed by atoms with Crippen LogP contribution < -0.4 is 5.32 Å². The van der Waals surface area contributed by atoms with Gasteiger partial charge in [0.2, 0.25) is 11.8 Å². The van der Waals surface area contributed by atoms with Crippen LogP contribution in [0.2, 0.25) is 0 Å². The van der Waals surface area contributed by atoms with Gasteiger partial charge >= 0.3 is 6.03 Å². The zero-order chi connectivity index (χ0) is 15.5. The molecule has 118 valence electrons. The molecule has 2 aliphatic heterocycles. The second kappa shape index (κ2) is 6.79. The summed E-state index contributed by atoms with van der Waals surface area (Å²) in [6.45, 7) is 6.63. The molecule has 0 unspecified atom stereocenters. The Morgan fingerprint density at radius 1 is 1.10 bits per heavy atom. The first-order valence-corrected chi connectivity index (χ1v) is 8.68. The van der Waals surface area contributed by atoms with Crippen LogP contribution in [0.1, 0.15) is 26.7 Å². The Bertz CT molecular complexity index is 431. The molecule has 2 fully saturated rings. The molecule has 0 bridgehead atoms. The van der Waals surface area contributed by atoms with Crippen LogP contribution >= 0.6 is 11.8 Å². The summed E-state index contributed by atoms with van der Waals surface area (Å²) in [5, 5.41) is 2.34. The van der Waals surface area contributed by atoms with Crippen molar-refractivity contribution in [1.82, 2.24) is 15.1 Å². The van der Waals surface area contributed by atoms with Crippen molar-refractivity contribution < 1.29 is 14.4 Å². The Morgan fingerprint density at radius 3 is 2.29 bits per heavy atom. The molecule has 2 saturated heterocycles. The molecule has 0 spiro atoms. The summed E-state index contributed by atoms with van der Waals surface area (Å²) in [5.74, 6) is 1.39. The van der Waals surface area contributed by atoms with Gasteiger partial charge in [0, 0.05) is 37.7 Å². The van der Waals surface area contributed by atoms with Gasteiger partial charge < -0.3 is 0 Å². The van der Waals surface area contributed by atoms with Gasteiger partial charge in [-0.25, -0.2) is 4.79 Å². The van der Waals surface area contributed by atoms with E-state index in [1.165, 1.54) is 4.90 Å². The number of hydrogen-bond donors (Lipinski definition) is 1. The molecule has 4 amide bonds. The van der Waals surface area contributed by atoms with E-state index in [2.05, 4.69) is 10.2 Å². The van der Waals surface area contributed by atoms with Crippen molar-refractivity contribution in [2.45, 2.75) is 26.7 Å². The fourth-order valence-electron chi connectivity index (χ4n) is 2.87. The van der Waals surface area contributed by atoms with Crippen molar-refractivity contribution in [3.8, 4) is 0 Å². The maximum atomic E-state index is 12.6. The monoisotopic (exact) mass is 313 g/mol. The van der Waals surface area contributed by atoms with Gasteiger partial charge in [-0.15, -0.1) is 0 Å². The van der Waals surface area contributed by atoms with Crippen LogP contribution in [0.15, 0.2) is 0 Å².